The molecule has 1 aromatic heterocycles. The van der Waals surface area contributed by atoms with E-state index < -0.39 is 12.6 Å². The molecule has 3 atom stereocenters. The van der Waals surface area contributed by atoms with Crippen molar-refractivity contribution >= 4 is 42.0 Å². The predicted octanol–water partition coefficient (Wildman–Crippen LogP) is 4.27. The van der Waals surface area contributed by atoms with Gasteiger partial charge in [-0.2, -0.15) is 0 Å². The third kappa shape index (κ3) is 4.07. The van der Waals surface area contributed by atoms with Gasteiger partial charge in [0.25, 0.3) is 0 Å². The first-order valence-corrected chi connectivity index (χ1v) is 9.55. The summed E-state index contributed by atoms with van der Waals surface area (Å²) in [5.74, 6) is 2.31. The first-order valence-electron chi connectivity index (χ1n) is 6.64. The van der Waals surface area contributed by atoms with Crippen LogP contribution in [0, 0.1) is 12.3 Å². The Morgan fingerprint density at radius 3 is 3.00 bits per heavy atom. The third-order valence-corrected chi connectivity index (χ3v) is 6.52. The van der Waals surface area contributed by atoms with E-state index in [2.05, 4.69) is 15.9 Å². The minimum Gasteiger partial charge on any atom is -0.333 e. The number of rotatable bonds is 6. The second-order valence-electron chi connectivity index (χ2n) is 4.73. The zero-order valence-corrected chi connectivity index (χ0v) is 14.6. The largest absolute Gasteiger partial charge is 0.353 e. The minimum atomic E-state index is -3.95. The number of fused-ring (bicyclic) bond motifs is 1. The third-order valence-electron chi connectivity index (χ3n) is 2.99. The molecule has 2 aromatic rings. The average Bonchev–Trinajstić information content (AvgIpc) is 2.85. The summed E-state index contributed by atoms with van der Waals surface area (Å²) in [5, 5.41) is 1.02. The van der Waals surface area contributed by atoms with Crippen molar-refractivity contribution < 1.29 is 14.0 Å². The van der Waals surface area contributed by atoms with Crippen LogP contribution in [0.2, 0.25) is 5.02 Å². The van der Waals surface area contributed by atoms with E-state index in [-0.39, 0.29) is 6.10 Å². The number of halogens is 1. The highest BCUT2D eigenvalue weighted by molar-refractivity contribution is 8.05. The molecule has 0 radical (unpaired) electrons. The highest BCUT2D eigenvalue weighted by Crippen LogP contribution is 2.54. The zero-order valence-electron chi connectivity index (χ0n) is 12.1. The Bertz CT molecular complexity index is 758. The number of aromatic amines is 1. The van der Waals surface area contributed by atoms with Gasteiger partial charge in [-0.3, -0.25) is 4.57 Å². The lowest BCUT2D eigenvalue weighted by Crippen LogP contribution is -2.11. The SMILES string of the molecule is C#CC(Sc1nc2ccc(Cl)cc2[nH]1)P(=O)(O)OC(C)CC. The van der Waals surface area contributed by atoms with Crippen LogP contribution in [-0.2, 0) is 9.09 Å². The number of imidazole rings is 1. The highest BCUT2D eigenvalue weighted by Gasteiger charge is 2.34. The Morgan fingerprint density at radius 1 is 1.64 bits per heavy atom. The molecule has 1 aromatic carbocycles. The number of hydrogen-bond acceptors (Lipinski definition) is 4. The summed E-state index contributed by atoms with van der Waals surface area (Å²) < 4.78 is 17.5. The topological polar surface area (TPSA) is 75.2 Å². The van der Waals surface area contributed by atoms with Crippen molar-refractivity contribution in [3.63, 3.8) is 0 Å². The molecule has 0 saturated heterocycles. The lowest BCUT2D eigenvalue weighted by atomic mass is 10.3. The molecule has 2 rings (SSSR count). The first-order chi connectivity index (χ1) is 10.4. The van der Waals surface area contributed by atoms with Gasteiger partial charge < -0.3 is 14.4 Å². The molecule has 2 N–H and O–H groups in total. The van der Waals surface area contributed by atoms with E-state index in [1.807, 2.05) is 6.92 Å². The molecular weight excluding hydrogens is 343 g/mol. The van der Waals surface area contributed by atoms with E-state index >= 15 is 0 Å². The molecule has 1 heterocycles. The second-order valence-corrected chi connectivity index (χ2v) is 8.46. The van der Waals surface area contributed by atoms with Crippen molar-refractivity contribution in [3.05, 3.63) is 23.2 Å². The van der Waals surface area contributed by atoms with Gasteiger partial charge in [0.2, 0.25) is 0 Å². The van der Waals surface area contributed by atoms with Crippen molar-refractivity contribution in [3.8, 4) is 12.3 Å². The molecule has 0 aliphatic rings. The van der Waals surface area contributed by atoms with Gasteiger partial charge in [0, 0.05) is 5.02 Å². The Kier molecular flexibility index (Phi) is 5.60. The molecular formula is C14H16ClN2O3PS. The lowest BCUT2D eigenvalue weighted by molar-refractivity contribution is 0.186. The van der Waals surface area contributed by atoms with Crippen molar-refractivity contribution in [1.82, 2.24) is 9.97 Å². The monoisotopic (exact) mass is 358 g/mol. The van der Waals surface area contributed by atoms with Crippen LogP contribution in [0.15, 0.2) is 23.4 Å². The Morgan fingerprint density at radius 2 is 2.36 bits per heavy atom. The molecule has 0 aliphatic carbocycles. The van der Waals surface area contributed by atoms with Crippen LogP contribution in [0.3, 0.4) is 0 Å². The number of terminal acetylenes is 1. The van der Waals surface area contributed by atoms with Crippen LogP contribution in [0.1, 0.15) is 20.3 Å². The van der Waals surface area contributed by atoms with Gasteiger partial charge in [-0.15, -0.1) is 6.42 Å². The smallest absolute Gasteiger partial charge is 0.333 e. The minimum absolute atomic E-state index is 0.346. The van der Waals surface area contributed by atoms with E-state index in [9.17, 15) is 9.46 Å². The Hall–Kier alpha value is -0.960. The summed E-state index contributed by atoms with van der Waals surface area (Å²) in [6.45, 7) is 3.59. The number of benzene rings is 1. The quantitative estimate of drug-likeness (QED) is 0.458. The van der Waals surface area contributed by atoms with Crippen LogP contribution in [0.25, 0.3) is 11.0 Å². The molecule has 0 fully saturated rings. The maximum atomic E-state index is 12.3. The van der Waals surface area contributed by atoms with Gasteiger partial charge in [0.05, 0.1) is 17.1 Å². The number of nitrogens with one attached hydrogen (secondary N) is 1. The molecule has 0 saturated carbocycles. The van der Waals surface area contributed by atoms with Crippen LogP contribution >= 0.6 is 31.0 Å². The fourth-order valence-corrected chi connectivity index (χ4v) is 4.42. The van der Waals surface area contributed by atoms with Gasteiger partial charge in [0.1, 0.15) is 0 Å². The van der Waals surface area contributed by atoms with E-state index in [4.69, 9.17) is 22.5 Å². The number of thioether (sulfide) groups is 1. The fraction of sp³-hybridized carbons (Fsp3) is 0.357. The predicted molar refractivity (Wildman–Crippen MR) is 90.2 cm³/mol. The van der Waals surface area contributed by atoms with Gasteiger partial charge in [-0.25, -0.2) is 4.98 Å². The van der Waals surface area contributed by atoms with Crippen molar-refractivity contribution in [1.29, 1.82) is 0 Å². The Balaban J connectivity index is 2.21. The zero-order chi connectivity index (χ0) is 16.3. The number of aromatic nitrogens is 2. The normalized spacial score (nSPS) is 16.9. The van der Waals surface area contributed by atoms with Gasteiger partial charge in [0.15, 0.2) is 10.1 Å². The van der Waals surface area contributed by atoms with E-state index in [1.54, 1.807) is 25.1 Å². The number of nitrogens with zero attached hydrogens (tertiary/aromatic N) is 1. The van der Waals surface area contributed by atoms with Crippen LogP contribution in [0.5, 0.6) is 0 Å². The molecule has 0 spiro atoms. The maximum absolute atomic E-state index is 12.3. The first kappa shape index (κ1) is 17.4. The van der Waals surface area contributed by atoms with E-state index in [1.165, 1.54) is 0 Å². The molecule has 8 heteroatoms. The highest BCUT2D eigenvalue weighted by atomic mass is 35.5. The summed E-state index contributed by atoms with van der Waals surface area (Å²) in [5.41, 5.74) is 1.44. The summed E-state index contributed by atoms with van der Waals surface area (Å²) in [7, 11) is -3.95. The van der Waals surface area contributed by atoms with E-state index in [0.29, 0.717) is 22.1 Å². The van der Waals surface area contributed by atoms with Gasteiger partial charge in [-0.1, -0.05) is 36.2 Å². The second kappa shape index (κ2) is 7.08. The molecule has 3 unspecified atom stereocenters. The molecule has 0 bridgehead atoms. The average molecular weight is 359 g/mol. The van der Waals surface area contributed by atoms with Crippen LogP contribution in [0.4, 0.5) is 0 Å². The molecule has 0 aliphatic heterocycles. The summed E-state index contributed by atoms with van der Waals surface area (Å²) in [6, 6.07) is 5.21. The molecule has 5 nitrogen and oxygen atoms in total. The lowest BCUT2D eigenvalue weighted by Gasteiger charge is -2.20. The maximum Gasteiger partial charge on any atom is 0.353 e. The van der Waals surface area contributed by atoms with Crippen molar-refractivity contribution in [2.45, 2.75) is 36.5 Å². The summed E-state index contributed by atoms with van der Waals surface area (Å²) in [4.78, 5) is 16.4. The summed E-state index contributed by atoms with van der Waals surface area (Å²) in [6.07, 6.45) is 5.67. The van der Waals surface area contributed by atoms with Crippen LogP contribution in [-0.4, -0.2) is 26.0 Å². The van der Waals surface area contributed by atoms with Crippen LogP contribution < -0.4 is 0 Å². The number of H-pyrrole nitrogens is 1. The van der Waals surface area contributed by atoms with E-state index in [0.717, 1.165) is 17.3 Å². The summed E-state index contributed by atoms with van der Waals surface area (Å²) >= 11 is 6.91. The van der Waals surface area contributed by atoms with Crippen molar-refractivity contribution in [2.24, 2.45) is 0 Å². The van der Waals surface area contributed by atoms with Gasteiger partial charge >= 0.3 is 7.60 Å². The standard InChI is InChI=1S/C14H16ClN2O3PS/c1-4-9(3)20-21(18,19)13(5-2)22-14-16-11-7-6-10(15)8-12(11)17-14/h2,6-9,13H,4H2,1,3H3,(H,16,17)(H,18,19). The molecule has 0 amide bonds. The fourth-order valence-electron chi connectivity index (χ4n) is 1.70. The molecule has 22 heavy (non-hydrogen) atoms. The molecule has 118 valence electrons. The van der Waals surface area contributed by atoms with Crippen molar-refractivity contribution in [2.75, 3.05) is 0 Å². The number of hydrogen-bond donors (Lipinski definition) is 2. The Labute approximate surface area is 138 Å². The van der Waals surface area contributed by atoms with Gasteiger partial charge in [-0.05, 0) is 31.5 Å².